The molecular weight excluding hydrogens is 428 g/mol. The Bertz CT molecular complexity index is 1010. The van der Waals surface area contributed by atoms with E-state index in [9.17, 15) is 4.79 Å². The van der Waals surface area contributed by atoms with E-state index < -0.39 is 0 Å². The largest absolute Gasteiger partial charge is 0.488 e. The molecule has 0 radical (unpaired) electrons. The van der Waals surface area contributed by atoms with Crippen molar-refractivity contribution in [3.8, 4) is 5.75 Å². The Labute approximate surface area is 202 Å². The van der Waals surface area contributed by atoms with E-state index >= 15 is 0 Å². The first-order valence-electron chi connectivity index (χ1n) is 12.5. The molecule has 182 valence electrons. The molecule has 34 heavy (non-hydrogen) atoms. The van der Waals surface area contributed by atoms with Crippen LogP contribution < -0.4 is 4.74 Å². The fraction of sp³-hybridized carbons (Fsp3) is 0.593. The van der Waals surface area contributed by atoms with Crippen LogP contribution in [0.1, 0.15) is 61.0 Å². The third-order valence-electron chi connectivity index (χ3n) is 7.89. The van der Waals surface area contributed by atoms with Gasteiger partial charge in [-0.15, -0.1) is 0 Å². The molecule has 3 aliphatic heterocycles. The number of rotatable bonds is 4. The Kier molecular flexibility index (Phi) is 6.34. The van der Waals surface area contributed by atoms with E-state index in [0.29, 0.717) is 25.4 Å². The van der Waals surface area contributed by atoms with Gasteiger partial charge in [0.15, 0.2) is 0 Å². The highest BCUT2D eigenvalue weighted by atomic mass is 16.6. The number of carbonyl (C=O) groups is 1. The number of aromatic nitrogens is 2. The van der Waals surface area contributed by atoms with Crippen LogP contribution in [-0.4, -0.2) is 77.2 Å². The Morgan fingerprint density at radius 1 is 1.06 bits per heavy atom. The van der Waals surface area contributed by atoms with Crippen molar-refractivity contribution in [2.24, 2.45) is 0 Å². The summed E-state index contributed by atoms with van der Waals surface area (Å²) in [6.45, 7) is 8.21. The Morgan fingerprint density at radius 2 is 1.76 bits per heavy atom. The second kappa shape index (κ2) is 9.27. The summed E-state index contributed by atoms with van der Waals surface area (Å²) in [5, 5.41) is 0. The number of benzene rings is 1. The van der Waals surface area contributed by atoms with Crippen LogP contribution in [0.4, 0.5) is 0 Å². The van der Waals surface area contributed by atoms with Crippen molar-refractivity contribution in [1.29, 1.82) is 0 Å². The molecule has 1 aromatic heterocycles. The Balaban J connectivity index is 1.22. The summed E-state index contributed by atoms with van der Waals surface area (Å²) in [6.07, 6.45) is 4.61. The standard InChI is InChI=1S/C27H36N4O3/c1-20-17-23(29-25(28-20)26(2)9-13-30(3)14-10-26)24(32)31-15-11-27(12-16-31)18-22(19-33-27)34-21-7-5-4-6-8-21/h4-8,17,22H,9-16,18-19H2,1-3H3. The van der Waals surface area contributed by atoms with Crippen LogP contribution in [0.3, 0.4) is 0 Å². The van der Waals surface area contributed by atoms with E-state index in [0.717, 1.165) is 62.5 Å². The summed E-state index contributed by atoms with van der Waals surface area (Å²) >= 11 is 0. The minimum atomic E-state index is -0.190. The Hall–Kier alpha value is -2.51. The molecule has 1 aromatic carbocycles. The molecule has 0 aliphatic carbocycles. The third kappa shape index (κ3) is 4.82. The molecule has 0 bridgehead atoms. The van der Waals surface area contributed by atoms with Crippen molar-refractivity contribution in [3.63, 3.8) is 0 Å². The average Bonchev–Trinajstić information content (AvgIpc) is 3.23. The second-order valence-corrected chi connectivity index (χ2v) is 10.6. The first kappa shape index (κ1) is 23.2. The van der Waals surface area contributed by atoms with Gasteiger partial charge in [-0.25, -0.2) is 9.97 Å². The number of likely N-dealkylation sites (tertiary alicyclic amines) is 2. The van der Waals surface area contributed by atoms with Crippen molar-refractivity contribution in [1.82, 2.24) is 19.8 Å². The average molecular weight is 465 g/mol. The predicted octanol–water partition coefficient (Wildman–Crippen LogP) is 3.61. The van der Waals surface area contributed by atoms with Crippen LogP contribution in [0.25, 0.3) is 0 Å². The van der Waals surface area contributed by atoms with Gasteiger partial charge in [0.25, 0.3) is 5.91 Å². The molecule has 2 aromatic rings. The van der Waals surface area contributed by atoms with Gasteiger partial charge in [0, 0.05) is 30.6 Å². The van der Waals surface area contributed by atoms with Crippen LogP contribution in [0, 0.1) is 6.92 Å². The molecule has 4 heterocycles. The maximum absolute atomic E-state index is 13.4. The first-order valence-corrected chi connectivity index (χ1v) is 12.5. The smallest absolute Gasteiger partial charge is 0.272 e. The van der Waals surface area contributed by atoms with Gasteiger partial charge in [0.2, 0.25) is 0 Å². The van der Waals surface area contributed by atoms with E-state index in [-0.39, 0.29) is 23.0 Å². The number of aryl methyl sites for hydroxylation is 1. The highest BCUT2D eigenvalue weighted by molar-refractivity contribution is 5.92. The number of ether oxygens (including phenoxy) is 2. The summed E-state index contributed by atoms with van der Waals surface area (Å²) in [5.74, 6) is 1.71. The molecule has 1 amide bonds. The highest BCUT2D eigenvalue weighted by Gasteiger charge is 2.44. The quantitative estimate of drug-likeness (QED) is 0.689. The van der Waals surface area contributed by atoms with E-state index in [1.165, 1.54) is 0 Å². The summed E-state index contributed by atoms with van der Waals surface area (Å²) in [5.41, 5.74) is 1.12. The Morgan fingerprint density at radius 3 is 2.47 bits per heavy atom. The van der Waals surface area contributed by atoms with Crippen molar-refractivity contribution in [3.05, 3.63) is 53.6 Å². The van der Waals surface area contributed by atoms with Crippen LogP contribution in [0.2, 0.25) is 0 Å². The molecule has 1 unspecified atom stereocenters. The first-order chi connectivity index (χ1) is 16.3. The maximum atomic E-state index is 13.4. The monoisotopic (exact) mass is 464 g/mol. The van der Waals surface area contributed by atoms with E-state index in [1.807, 2.05) is 48.2 Å². The minimum Gasteiger partial charge on any atom is -0.488 e. The van der Waals surface area contributed by atoms with Gasteiger partial charge in [-0.3, -0.25) is 4.79 Å². The molecule has 3 saturated heterocycles. The number of amides is 1. The van der Waals surface area contributed by atoms with Gasteiger partial charge in [-0.05, 0) is 70.9 Å². The lowest BCUT2D eigenvalue weighted by Gasteiger charge is -2.39. The van der Waals surface area contributed by atoms with Gasteiger partial charge in [0.05, 0.1) is 12.2 Å². The van der Waals surface area contributed by atoms with Gasteiger partial charge >= 0.3 is 0 Å². The molecule has 7 nitrogen and oxygen atoms in total. The molecule has 3 aliphatic rings. The van der Waals surface area contributed by atoms with Gasteiger partial charge in [0.1, 0.15) is 23.4 Å². The van der Waals surface area contributed by atoms with Gasteiger partial charge in [-0.2, -0.15) is 0 Å². The molecule has 3 fully saturated rings. The van der Waals surface area contributed by atoms with E-state index in [2.05, 4.69) is 18.9 Å². The highest BCUT2D eigenvalue weighted by Crippen LogP contribution is 2.38. The minimum absolute atomic E-state index is 0.00760. The van der Waals surface area contributed by atoms with Crippen molar-refractivity contribution < 1.29 is 14.3 Å². The number of piperidine rings is 2. The lowest BCUT2D eigenvalue weighted by atomic mass is 9.79. The van der Waals surface area contributed by atoms with Gasteiger partial charge < -0.3 is 19.3 Å². The van der Waals surface area contributed by atoms with Gasteiger partial charge in [-0.1, -0.05) is 25.1 Å². The lowest BCUT2D eigenvalue weighted by Crippen LogP contribution is -2.47. The summed E-state index contributed by atoms with van der Waals surface area (Å²) in [7, 11) is 2.15. The number of hydrogen-bond donors (Lipinski definition) is 0. The summed E-state index contributed by atoms with van der Waals surface area (Å²) in [6, 6.07) is 11.8. The third-order valence-corrected chi connectivity index (χ3v) is 7.89. The van der Waals surface area contributed by atoms with E-state index in [4.69, 9.17) is 19.4 Å². The van der Waals surface area contributed by atoms with Crippen molar-refractivity contribution in [2.45, 2.75) is 63.1 Å². The lowest BCUT2D eigenvalue weighted by molar-refractivity contribution is -0.0396. The normalized spacial score (nSPS) is 24.3. The van der Waals surface area contributed by atoms with Crippen molar-refractivity contribution >= 4 is 5.91 Å². The maximum Gasteiger partial charge on any atom is 0.272 e. The summed E-state index contributed by atoms with van der Waals surface area (Å²) < 4.78 is 12.4. The van der Waals surface area contributed by atoms with Crippen LogP contribution in [0.15, 0.2) is 36.4 Å². The van der Waals surface area contributed by atoms with Crippen LogP contribution >= 0.6 is 0 Å². The van der Waals surface area contributed by atoms with E-state index in [1.54, 1.807) is 0 Å². The zero-order chi connectivity index (χ0) is 23.8. The summed E-state index contributed by atoms with van der Waals surface area (Å²) in [4.78, 5) is 27.2. The number of hydrogen-bond acceptors (Lipinski definition) is 6. The SMILES string of the molecule is Cc1cc(C(=O)N2CCC3(CC2)CC(Oc2ccccc2)CO3)nc(C2(C)CCN(C)CC2)n1. The molecule has 0 N–H and O–H groups in total. The topological polar surface area (TPSA) is 67.8 Å². The molecule has 1 atom stereocenters. The predicted molar refractivity (Wildman–Crippen MR) is 130 cm³/mol. The van der Waals surface area contributed by atoms with Crippen LogP contribution in [-0.2, 0) is 10.2 Å². The number of carbonyl (C=O) groups excluding carboxylic acids is 1. The zero-order valence-corrected chi connectivity index (χ0v) is 20.6. The number of para-hydroxylation sites is 1. The zero-order valence-electron chi connectivity index (χ0n) is 20.6. The van der Waals surface area contributed by atoms with Crippen LogP contribution in [0.5, 0.6) is 5.75 Å². The molecular formula is C27H36N4O3. The molecule has 7 heteroatoms. The molecule has 5 rings (SSSR count). The number of nitrogens with zero attached hydrogens (tertiary/aromatic N) is 4. The van der Waals surface area contributed by atoms with Crippen molar-refractivity contribution in [2.75, 3.05) is 39.8 Å². The fourth-order valence-electron chi connectivity index (χ4n) is 5.48. The fourth-order valence-corrected chi connectivity index (χ4v) is 5.48. The second-order valence-electron chi connectivity index (χ2n) is 10.6. The molecule has 1 spiro atoms. The molecule has 0 saturated carbocycles.